The number of aromatic hydroxyl groups is 1. The number of ether oxygens (including phenoxy) is 2. The van der Waals surface area contributed by atoms with Gasteiger partial charge >= 0.3 is 0 Å². The molecule has 5 heterocycles. The van der Waals surface area contributed by atoms with Crippen LogP contribution in [0.15, 0.2) is 54.9 Å². The summed E-state index contributed by atoms with van der Waals surface area (Å²) in [6.07, 6.45) is 10.8. The predicted octanol–water partition coefficient (Wildman–Crippen LogP) is 3.97. The number of fused-ring (bicyclic) bond motifs is 2. The summed E-state index contributed by atoms with van der Waals surface area (Å²) >= 11 is 0. The number of piperidine rings is 1. The van der Waals surface area contributed by atoms with E-state index in [1.807, 2.05) is 24.4 Å². The number of nitrogens with zero attached hydrogens (tertiary/aromatic N) is 4. The smallest absolute Gasteiger partial charge is 0.215 e. The van der Waals surface area contributed by atoms with E-state index < -0.39 is 0 Å². The van der Waals surface area contributed by atoms with E-state index in [4.69, 9.17) is 15.2 Å². The van der Waals surface area contributed by atoms with E-state index in [0.29, 0.717) is 36.0 Å². The fraction of sp³-hybridized carbons (Fsp3) is 0.484. The molecule has 4 N–H and O–H groups in total. The van der Waals surface area contributed by atoms with Crippen molar-refractivity contribution in [1.82, 2.24) is 15.3 Å². The second kappa shape index (κ2) is 10.8. The average molecular weight is 543 g/mol. The summed E-state index contributed by atoms with van der Waals surface area (Å²) in [6.45, 7) is 3.84. The van der Waals surface area contributed by atoms with E-state index >= 15 is 0 Å². The number of rotatable bonds is 7. The zero-order chi connectivity index (χ0) is 27.1. The molecule has 1 aromatic carbocycles. The van der Waals surface area contributed by atoms with E-state index in [1.54, 1.807) is 12.3 Å². The highest BCUT2D eigenvalue weighted by molar-refractivity contribution is 5.77. The van der Waals surface area contributed by atoms with Gasteiger partial charge in [-0.15, -0.1) is 0 Å². The first-order valence-electron chi connectivity index (χ1n) is 14.7. The molecule has 3 aliphatic heterocycles. The van der Waals surface area contributed by atoms with Gasteiger partial charge in [-0.2, -0.15) is 0 Å². The van der Waals surface area contributed by atoms with Gasteiger partial charge in [0.15, 0.2) is 0 Å². The fourth-order valence-electron chi connectivity index (χ4n) is 6.83. The molecular formula is C31H38N6O3. The standard InChI is InChI=1S/C31H38N6O3/c32-31-28(13-20(17-35-31)27-3-1-2-4-29(27)38)36-18-22-5-6-23(19-36)37(22)21-7-12-34-30(14-21)40-26-15-25(16-26)39-24-8-10-33-11-9-24/h1-4,7,12-14,17,22-26,33,38H,5-6,8-11,15-16,18-19H2,(H2,32,35)/t22?,23?,25-,26-. The molecule has 2 unspecified atom stereocenters. The zero-order valence-corrected chi connectivity index (χ0v) is 22.8. The molecule has 0 radical (unpaired) electrons. The molecule has 1 aliphatic carbocycles. The minimum Gasteiger partial charge on any atom is -0.507 e. The van der Waals surface area contributed by atoms with Crippen LogP contribution in [0.4, 0.5) is 17.2 Å². The van der Waals surface area contributed by atoms with Gasteiger partial charge in [0.1, 0.15) is 17.7 Å². The summed E-state index contributed by atoms with van der Waals surface area (Å²) in [5.74, 6) is 1.47. The van der Waals surface area contributed by atoms with Crippen molar-refractivity contribution in [2.45, 2.75) is 68.9 Å². The van der Waals surface area contributed by atoms with Crippen molar-refractivity contribution in [2.24, 2.45) is 0 Å². The lowest BCUT2D eigenvalue weighted by Crippen LogP contribution is -2.54. The third kappa shape index (κ3) is 5.04. The molecule has 40 heavy (non-hydrogen) atoms. The van der Waals surface area contributed by atoms with Gasteiger partial charge in [-0.1, -0.05) is 18.2 Å². The Balaban J connectivity index is 1.01. The minimum absolute atomic E-state index is 0.176. The van der Waals surface area contributed by atoms with Crippen LogP contribution in [0, 0.1) is 0 Å². The Kier molecular flexibility index (Phi) is 6.85. The van der Waals surface area contributed by atoms with Crippen LogP contribution in [0.2, 0.25) is 0 Å². The third-order valence-corrected chi connectivity index (χ3v) is 8.96. The molecule has 0 spiro atoms. The van der Waals surface area contributed by atoms with Gasteiger partial charge in [-0.25, -0.2) is 9.97 Å². The summed E-state index contributed by atoms with van der Waals surface area (Å²) in [5.41, 5.74) is 10.1. The first-order valence-corrected chi connectivity index (χ1v) is 14.7. The monoisotopic (exact) mass is 542 g/mol. The summed E-state index contributed by atoms with van der Waals surface area (Å²) in [7, 11) is 0. The molecule has 2 bridgehead atoms. The molecule has 0 amide bonds. The quantitative estimate of drug-likeness (QED) is 0.409. The number of nitrogen functional groups attached to an aromatic ring is 1. The van der Waals surface area contributed by atoms with Crippen LogP contribution in [0.1, 0.15) is 38.5 Å². The van der Waals surface area contributed by atoms with Crippen molar-refractivity contribution in [1.29, 1.82) is 0 Å². The van der Waals surface area contributed by atoms with Gasteiger partial charge < -0.3 is 35.4 Å². The van der Waals surface area contributed by atoms with E-state index in [-0.39, 0.29) is 11.9 Å². The Morgan fingerprint density at radius 3 is 2.45 bits per heavy atom. The normalized spacial score (nSPS) is 26.5. The number of piperazine rings is 1. The second-order valence-corrected chi connectivity index (χ2v) is 11.6. The predicted molar refractivity (Wildman–Crippen MR) is 156 cm³/mol. The molecule has 2 atom stereocenters. The van der Waals surface area contributed by atoms with Crippen molar-refractivity contribution in [2.75, 3.05) is 41.7 Å². The number of phenols is 1. The van der Waals surface area contributed by atoms with Crippen LogP contribution in [0.25, 0.3) is 11.1 Å². The van der Waals surface area contributed by atoms with E-state index in [9.17, 15) is 5.11 Å². The zero-order valence-electron chi connectivity index (χ0n) is 22.8. The Bertz CT molecular complexity index is 1330. The number of pyridine rings is 2. The molecule has 3 aromatic rings. The third-order valence-electron chi connectivity index (χ3n) is 8.96. The number of aromatic nitrogens is 2. The Morgan fingerprint density at radius 1 is 0.900 bits per heavy atom. The van der Waals surface area contributed by atoms with Gasteiger partial charge in [0, 0.05) is 73.3 Å². The van der Waals surface area contributed by atoms with Gasteiger partial charge in [0.2, 0.25) is 5.88 Å². The maximum Gasteiger partial charge on any atom is 0.215 e. The minimum atomic E-state index is 0.176. The summed E-state index contributed by atoms with van der Waals surface area (Å²) in [5, 5.41) is 13.8. The van der Waals surface area contributed by atoms with Crippen LogP contribution in [-0.4, -0.2) is 71.6 Å². The summed E-state index contributed by atoms with van der Waals surface area (Å²) < 4.78 is 12.5. The lowest BCUT2D eigenvalue weighted by atomic mass is 9.91. The van der Waals surface area contributed by atoms with Crippen molar-refractivity contribution >= 4 is 17.2 Å². The number of phenolic OH excluding ortho intramolecular Hbond substituents is 1. The SMILES string of the molecule is Nc1ncc(-c2ccccc2O)cc1N1CC2CCC(C1)N2c1ccnc(O[C@H]2C[C@H](OC3CCNCC3)C2)c1. The second-order valence-electron chi connectivity index (χ2n) is 11.6. The Labute approximate surface area is 235 Å². The maximum atomic E-state index is 10.4. The highest BCUT2D eigenvalue weighted by Gasteiger charge is 2.41. The molecule has 1 saturated carbocycles. The average Bonchev–Trinajstić information content (AvgIpc) is 3.22. The fourth-order valence-corrected chi connectivity index (χ4v) is 6.83. The Hall–Kier alpha value is -3.56. The first-order chi connectivity index (χ1) is 19.6. The van der Waals surface area contributed by atoms with Crippen molar-refractivity contribution in [3.63, 3.8) is 0 Å². The molecule has 2 aromatic heterocycles. The van der Waals surface area contributed by atoms with Gasteiger partial charge in [-0.05, 0) is 57.0 Å². The van der Waals surface area contributed by atoms with Crippen molar-refractivity contribution in [3.05, 3.63) is 54.9 Å². The van der Waals surface area contributed by atoms with Crippen molar-refractivity contribution < 1.29 is 14.6 Å². The van der Waals surface area contributed by atoms with Crippen molar-refractivity contribution in [3.8, 4) is 22.8 Å². The number of nitrogens with two attached hydrogens (primary N) is 1. The topological polar surface area (TPSA) is 109 Å². The maximum absolute atomic E-state index is 10.4. The van der Waals surface area contributed by atoms with Gasteiger partial charge in [0.05, 0.1) is 17.9 Å². The molecular weight excluding hydrogens is 504 g/mol. The number of hydrogen-bond acceptors (Lipinski definition) is 9. The largest absolute Gasteiger partial charge is 0.507 e. The van der Waals surface area contributed by atoms with Crippen LogP contribution in [0.5, 0.6) is 11.6 Å². The molecule has 4 aliphatic rings. The summed E-state index contributed by atoms with van der Waals surface area (Å²) in [4.78, 5) is 13.9. The molecule has 9 heteroatoms. The van der Waals surface area contributed by atoms with Crippen LogP contribution >= 0.6 is 0 Å². The van der Waals surface area contributed by atoms with E-state index in [1.165, 1.54) is 5.69 Å². The van der Waals surface area contributed by atoms with E-state index in [2.05, 4.69) is 43.3 Å². The Morgan fingerprint density at radius 2 is 1.68 bits per heavy atom. The van der Waals surface area contributed by atoms with Gasteiger partial charge in [-0.3, -0.25) is 0 Å². The lowest BCUT2D eigenvalue weighted by Gasteiger charge is -2.43. The lowest BCUT2D eigenvalue weighted by molar-refractivity contribution is -0.103. The first kappa shape index (κ1) is 25.4. The highest BCUT2D eigenvalue weighted by Crippen LogP contribution is 2.40. The number of hydrogen-bond donors (Lipinski definition) is 3. The van der Waals surface area contributed by atoms with Crippen LogP contribution in [-0.2, 0) is 4.74 Å². The van der Waals surface area contributed by atoms with Gasteiger partial charge in [0.25, 0.3) is 0 Å². The van der Waals surface area contributed by atoms with E-state index in [0.717, 1.165) is 81.5 Å². The number of nitrogens with one attached hydrogen (secondary N) is 1. The summed E-state index contributed by atoms with van der Waals surface area (Å²) in [6, 6.07) is 14.4. The highest BCUT2D eigenvalue weighted by atomic mass is 16.5. The molecule has 9 nitrogen and oxygen atoms in total. The molecule has 3 saturated heterocycles. The number of para-hydroxylation sites is 1. The van der Waals surface area contributed by atoms with Crippen LogP contribution < -0.4 is 25.6 Å². The molecule has 7 rings (SSSR count). The molecule has 210 valence electrons. The van der Waals surface area contributed by atoms with Crippen LogP contribution in [0.3, 0.4) is 0 Å². The number of anilines is 3. The molecule has 4 fully saturated rings. The number of benzene rings is 1.